The van der Waals surface area contributed by atoms with Gasteiger partial charge < -0.3 is 9.73 Å². The molecule has 4 heteroatoms. The van der Waals surface area contributed by atoms with Crippen LogP contribution in [0.1, 0.15) is 41.4 Å². The van der Waals surface area contributed by atoms with Crippen LogP contribution in [-0.2, 0) is 12.8 Å². The minimum atomic E-state index is 0.0695. The van der Waals surface area contributed by atoms with Gasteiger partial charge in [0.15, 0.2) is 0 Å². The molecule has 2 heterocycles. The number of aromatic nitrogens is 1. The fourth-order valence-electron chi connectivity index (χ4n) is 2.51. The molecule has 1 aromatic rings. The van der Waals surface area contributed by atoms with Gasteiger partial charge in [0.25, 0.3) is 5.89 Å². The number of oxazole rings is 1. The Balaban J connectivity index is 1.83. The van der Waals surface area contributed by atoms with Gasteiger partial charge >= 0.3 is 0 Å². The van der Waals surface area contributed by atoms with Gasteiger partial charge in [-0.1, -0.05) is 0 Å². The average Bonchev–Trinajstić information content (AvgIpc) is 2.97. The molecule has 0 saturated carbocycles. The number of nitrogens with one attached hydrogen (secondary N) is 1. The highest BCUT2D eigenvalue weighted by atomic mass is 16.4. The van der Waals surface area contributed by atoms with Crippen molar-refractivity contribution in [2.24, 2.45) is 5.92 Å². The molecule has 1 fully saturated rings. The normalized spacial score (nSPS) is 24.4. The maximum atomic E-state index is 12.1. The van der Waals surface area contributed by atoms with Crippen LogP contribution in [0, 0.1) is 5.92 Å². The molecule has 86 valence electrons. The van der Waals surface area contributed by atoms with Gasteiger partial charge in [-0.05, 0) is 32.2 Å². The van der Waals surface area contributed by atoms with Crippen LogP contribution < -0.4 is 5.32 Å². The summed E-state index contributed by atoms with van der Waals surface area (Å²) >= 11 is 0. The fourth-order valence-corrected chi connectivity index (χ4v) is 2.51. The zero-order valence-electron chi connectivity index (χ0n) is 9.29. The molecule has 1 aliphatic heterocycles. The summed E-state index contributed by atoms with van der Waals surface area (Å²) < 4.78 is 5.59. The summed E-state index contributed by atoms with van der Waals surface area (Å²) in [5.41, 5.74) is 1.01. The maximum absolute atomic E-state index is 12.1. The van der Waals surface area contributed by atoms with Gasteiger partial charge in [-0.15, -0.1) is 0 Å². The van der Waals surface area contributed by atoms with E-state index in [1.165, 1.54) is 0 Å². The van der Waals surface area contributed by atoms with Crippen LogP contribution in [0.5, 0.6) is 0 Å². The van der Waals surface area contributed by atoms with E-state index < -0.39 is 0 Å². The van der Waals surface area contributed by atoms with Gasteiger partial charge in [0, 0.05) is 18.9 Å². The van der Waals surface area contributed by atoms with E-state index in [2.05, 4.69) is 10.3 Å². The number of carbonyl (C=O) groups excluding carboxylic acids is 1. The number of hydrogen-bond donors (Lipinski definition) is 1. The Labute approximate surface area is 94.4 Å². The molecule has 0 bridgehead atoms. The molecule has 0 radical (unpaired) electrons. The summed E-state index contributed by atoms with van der Waals surface area (Å²) in [6.45, 7) is 1.70. The fraction of sp³-hybridized carbons (Fsp3) is 0.667. The van der Waals surface area contributed by atoms with E-state index >= 15 is 0 Å². The monoisotopic (exact) mass is 220 g/mol. The Kier molecular flexibility index (Phi) is 2.52. The highest BCUT2D eigenvalue weighted by Crippen LogP contribution is 2.24. The molecule has 1 unspecified atom stereocenters. The Hall–Kier alpha value is -1.16. The zero-order chi connectivity index (χ0) is 11.0. The lowest BCUT2D eigenvalue weighted by atomic mass is 10.0. The molecule has 3 rings (SSSR count). The Bertz CT molecular complexity index is 382. The van der Waals surface area contributed by atoms with E-state index in [9.17, 15) is 4.79 Å². The molecule has 1 atom stereocenters. The van der Waals surface area contributed by atoms with Crippen LogP contribution in [0.2, 0.25) is 0 Å². The summed E-state index contributed by atoms with van der Waals surface area (Å²) in [4.78, 5) is 16.4. The summed E-state index contributed by atoms with van der Waals surface area (Å²) in [5, 5.41) is 3.19. The summed E-state index contributed by atoms with van der Waals surface area (Å²) in [6.07, 6.45) is 5.14. The van der Waals surface area contributed by atoms with Crippen LogP contribution in [0.15, 0.2) is 4.42 Å². The maximum Gasteiger partial charge on any atom is 0.263 e. The van der Waals surface area contributed by atoms with E-state index in [0.717, 1.165) is 56.6 Å². The molecule has 1 N–H and O–H groups in total. The third-order valence-electron chi connectivity index (χ3n) is 3.49. The lowest BCUT2D eigenvalue weighted by Crippen LogP contribution is -2.18. The van der Waals surface area contributed by atoms with Crippen LogP contribution in [-0.4, -0.2) is 23.9 Å². The van der Waals surface area contributed by atoms with Crippen molar-refractivity contribution in [3.63, 3.8) is 0 Å². The zero-order valence-corrected chi connectivity index (χ0v) is 9.29. The minimum absolute atomic E-state index is 0.0695. The molecule has 0 spiro atoms. The van der Waals surface area contributed by atoms with Crippen molar-refractivity contribution in [1.29, 1.82) is 0 Å². The first kappa shape index (κ1) is 10.0. The van der Waals surface area contributed by atoms with Crippen LogP contribution in [0.3, 0.4) is 0 Å². The number of Topliss-reactive ketones (excluding diaryl/α,β-unsaturated/α-hetero) is 1. The predicted molar refractivity (Wildman–Crippen MR) is 58.5 cm³/mol. The molecular formula is C12H16N2O2. The number of carbonyl (C=O) groups is 1. The topological polar surface area (TPSA) is 55.1 Å². The number of fused-ring (bicyclic) bond motifs is 1. The van der Waals surface area contributed by atoms with Crippen LogP contribution in [0.4, 0.5) is 0 Å². The Morgan fingerprint density at radius 2 is 2.25 bits per heavy atom. The third kappa shape index (κ3) is 1.67. The van der Waals surface area contributed by atoms with Gasteiger partial charge in [0.05, 0.1) is 5.69 Å². The molecule has 1 saturated heterocycles. The van der Waals surface area contributed by atoms with Gasteiger partial charge in [-0.2, -0.15) is 0 Å². The van der Waals surface area contributed by atoms with Gasteiger partial charge in [0.1, 0.15) is 5.76 Å². The van der Waals surface area contributed by atoms with Crippen LogP contribution >= 0.6 is 0 Å². The van der Waals surface area contributed by atoms with Crippen molar-refractivity contribution < 1.29 is 9.21 Å². The molecule has 1 aliphatic carbocycles. The highest BCUT2D eigenvalue weighted by molar-refractivity contribution is 5.94. The van der Waals surface area contributed by atoms with E-state index in [1.807, 2.05) is 0 Å². The SMILES string of the molecule is O=C(c1nc2c(o1)CCCC2)C1CCNC1. The van der Waals surface area contributed by atoms with Crippen molar-refractivity contribution in [2.45, 2.75) is 32.1 Å². The van der Waals surface area contributed by atoms with Crippen LogP contribution in [0.25, 0.3) is 0 Å². The first-order valence-electron chi connectivity index (χ1n) is 6.08. The molecule has 2 aliphatic rings. The standard InChI is InChI=1S/C12H16N2O2/c15-11(8-5-6-13-7-8)12-14-9-3-1-2-4-10(9)16-12/h8,13H,1-7H2. The van der Waals surface area contributed by atoms with E-state index in [0.29, 0.717) is 5.89 Å². The van der Waals surface area contributed by atoms with E-state index in [1.54, 1.807) is 0 Å². The summed E-state index contributed by atoms with van der Waals surface area (Å²) in [7, 11) is 0. The number of nitrogens with zero attached hydrogens (tertiary/aromatic N) is 1. The smallest absolute Gasteiger partial charge is 0.263 e. The first-order valence-corrected chi connectivity index (χ1v) is 6.08. The Morgan fingerprint density at radius 1 is 1.38 bits per heavy atom. The number of hydrogen-bond acceptors (Lipinski definition) is 4. The largest absolute Gasteiger partial charge is 0.439 e. The van der Waals surface area contributed by atoms with Gasteiger partial charge in [0.2, 0.25) is 5.78 Å². The van der Waals surface area contributed by atoms with Crippen molar-refractivity contribution >= 4 is 5.78 Å². The second-order valence-corrected chi connectivity index (χ2v) is 4.65. The second kappa shape index (κ2) is 4.01. The predicted octanol–water partition coefficient (Wildman–Crippen LogP) is 1.35. The number of ketones is 1. The average molecular weight is 220 g/mol. The van der Waals surface area contributed by atoms with Gasteiger partial charge in [-0.25, -0.2) is 4.98 Å². The minimum Gasteiger partial charge on any atom is -0.439 e. The van der Waals surface area contributed by atoms with E-state index in [4.69, 9.17) is 4.42 Å². The molecule has 0 aromatic carbocycles. The quantitative estimate of drug-likeness (QED) is 0.764. The summed E-state index contributed by atoms with van der Waals surface area (Å²) in [6, 6.07) is 0. The number of aryl methyl sites for hydroxylation is 2. The van der Waals surface area contributed by atoms with Crippen molar-refractivity contribution in [3.05, 3.63) is 17.3 Å². The molecular weight excluding hydrogens is 204 g/mol. The lowest BCUT2D eigenvalue weighted by molar-refractivity contribution is 0.0893. The molecule has 4 nitrogen and oxygen atoms in total. The third-order valence-corrected chi connectivity index (χ3v) is 3.49. The van der Waals surface area contributed by atoms with Crippen molar-refractivity contribution in [1.82, 2.24) is 10.3 Å². The molecule has 16 heavy (non-hydrogen) atoms. The first-order chi connectivity index (χ1) is 7.84. The van der Waals surface area contributed by atoms with E-state index in [-0.39, 0.29) is 11.7 Å². The highest BCUT2D eigenvalue weighted by Gasteiger charge is 2.29. The van der Waals surface area contributed by atoms with Gasteiger partial charge in [-0.3, -0.25) is 4.79 Å². The second-order valence-electron chi connectivity index (χ2n) is 4.65. The summed E-state index contributed by atoms with van der Waals surface area (Å²) in [5.74, 6) is 1.45. The molecule has 1 aromatic heterocycles. The van der Waals surface area contributed by atoms with Crippen molar-refractivity contribution in [3.8, 4) is 0 Å². The Morgan fingerprint density at radius 3 is 3.00 bits per heavy atom. The van der Waals surface area contributed by atoms with Crippen molar-refractivity contribution in [2.75, 3.05) is 13.1 Å². The molecule has 0 amide bonds. The lowest BCUT2D eigenvalue weighted by Gasteiger charge is -2.05. The number of rotatable bonds is 2.